The molecule has 0 aliphatic heterocycles. The molecule has 0 fully saturated rings. The molecule has 0 bridgehead atoms. The van der Waals surface area contributed by atoms with Gasteiger partial charge in [-0.15, -0.1) is 0 Å². The Bertz CT molecular complexity index is 527. The molecule has 1 rings (SSSR count). The van der Waals surface area contributed by atoms with Crippen LogP contribution in [0, 0.1) is 0 Å². The molecule has 20 heavy (non-hydrogen) atoms. The topological polar surface area (TPSA) is 46.2 Å². The fraction of sp³-hybridized carbons (Fsp3) is 0.462. The number of hydrogen-bond donors (Lipinski definition) is 1. The van der Waals surface area contributed by atoms with Gasteiger partial charge in [0, 0.05) is 23.6 Å². The number of benzene rings is 1. The van der Waals surface area contributed by atoms with E-state index in [2.05, 4.69) is 5.32 Å². The van der Waals surface area contributed by atoms with Gasteiger partial charge in [0.1, 0.15) is 4.75 Å². The molecule has 0 heterocycles. The minimum atomic E-state index is -4.47. The van der Waals surface area contributed by atoms with E-state index in [0.717, 1.165) is 6.07 Å². The second-order valence-corrected chi connectivity index (χ2v) is 6.73. The van der Waals surface area contributed by atoms with E-state index in [1.807, 2.05) is 0 Å². The zero-order valence-electron chi connectivity index (χ0n) is 11.4. The van der Waals surface area contributed by atoms with Gasteiger partial charge in [0.05, 0.1) is 5.56 Å². The Balaban J connectivity index is 2.87. The van der Waals surface area contributed by atoms with Crippen molar-refractivity contribution >= 4 is 16.7 Å². The summed E-state index contributed by atoms with van der Waals surface area (Å²) in [5.41, 5.74) is -0.804. The monoisotopic (exact) mass is 307 g/mol. The van der Waals surface area contributed by atoms with E-state index in [9.17, 15) is 22.2 Å². The predicted molar refractivity (Wildman–Crippen MR) is 71.4 cm³/mol. The van der Waals surface area contributed by atoms with Crippen LogP contribution in [-0.2, 0) is 28.3 Å². The summed E-state index contributed by atoms with van der Waals surface area (Å²) in [7, 11) is -1.42. The number of carbonyl (C=O) groups excluding carboxylic acids is 1. The number of alkyl halides is 3. The summed E-state index contributed by atoms with van der Waals surface area (Å²) < 4.78 is 48.6. The van der Waals surface area contributed by atoms with E-state index in [0.29, 0.717) is 0 Å². The second kappa shape index (κ2) is 5.95. The number of hydrogen-bond acceptors (Lipinski definition) is 2. The molecule has 3 nitrogen and oxygen atoms in total. The van der Waals surface area contributed by atoms with Gasteiger partial charge in [0.2, 0.25) is 5.91 Å². The molecule has 0 saturated carbocycles. The lowest BCUT2D eigenvalue weighted by molar-refractivity contribution is -0.138. The van der Waals surface area contributed by atoms with Crippen molar-refractivity contribution in [3.8, 4) is 0 Å². The minimum Gasteiger partial charge on any atom is -0.351 e. The molecule has 0 aliphatic rings. The summed E-state index contributed by atoms with van der Waals surface area (Å²) in [6, 6.07) is 5.03. The first-order valence-electron chi connectivity index (χ1n) is 5.83. The van der Waals surface area contributed by atoms with Gasteiger partial charge in [0.25, 0.3) is 0 Å². The summed E-state index contributed by atoms with van der Waals surface area (Å²) in [6.07, 6.45) is -3.09. The van der Waals surface area contributed by atoms with Crippen molar-refractivity contribution in [3.63, 3.8) is 0 Å². The summed E-state index contributed by atoms with van der Waals surface area (Å²) in [6.45, 7) is 2.71. The van der Waals surface area contributed by atoms with Crippen molar-refractivity contribution < 1.29 is 22.2 Å². The number of rotatable bonds is 4. The van der Waals surface area contributed by atoms with E-state index < -0.39 is 33.2 Å². The van der Waals surface area contributed by atoms with E-state index in [1.54, 1.807) is 0 Å². The third-order valence-electron chi connectivity index (χ3n) is 3.03. The maximum Gasteiger partial charge on any atom is 0.416 e. The average Bonchev–Trinajstić information content (AvgIpc) is 2.34. The molecule has 1 aromatic carbocycles. The Kier molecular flexibility index (Phi) is 4.96. The first-order chi connectivity index (χ1) is 9.06. The van der Waals surface area contributed by atoms with Gasteiger partial charge >= 0.3 is 6.18 Å². The van der Waals surface area contributed by atoms with E-state index in [1.165, 1.54) is 38.3 Å². The number of nitrogens with one attached hydrogen (secondary N) is 1. The second-order valence-electron chi connectivity index (χ2n) is 4.80. The quantitative estimate of drug-likeness (QED) is 0.929. The van der Waals surface area contributed by atoms with Gasteiger partial charge in [0.15, 0.2) is 0 Å². The number of halogens is 3. The zero-order valence-corrected chi connectivity index (χ0v) is 12.2. The minimum absolute atomic E-state index is 0.0222. The Morgan fingerprint density at radius 2 is 1.80 bits per heavy atom. The lowest BCUT2D eigenvalue weighted by Gasteiger charge is -2.21. The summed E-state index contributed by atoms with van der Waals surface area (Å²) in [4.78, 5) is 11.9. The highest BCUT2D eigenvalue weighted by Gasteiger charge is 2.34. The summed E-state index contributed by atoms with van der Waals surface area (Å²) in [5.74, 6) is -0.546. The molecule has 1 atom stereocenters. The normalized spacial score (nSPS) is 13.9. The maximum atomic E-state index is 12.8. The van der Waals surface area contributed by atoms with Crippen LogP contribution in [0.2, 0.25) is 0 Å². The Labute approximate surface area is 118 Å². The van der Waals surface area contributed by atoms with Crippen LogP contribution in [0.25, 0.3) is 0 Å². The van der Waals surface area contributed by atoms with Crippen molar-refractivity contribution in [3.05, 3.63) is 35.4 Å². The van der Waals surface area contributed by atoms with Crippen LogP contribution in [0.3, 0.4) is 0 Å². The SMILES string of the molecule is CS(=O)C(C)(C)C(=O)NCc1ccccc1C(F)(F)F. The summed E-state index contributed by atoms with van der Waals surface area (Å²) in [5, 5.41) is 2.40. The zero-order chi connectivity index (χ0) is 15.6. The smallest absolute Gasteiger partial charge is 0.351 e. The molecule has 0 aromatic heterocycles. The van der Waals surface area contributed by atoms with E-state index >= 15 is 0 Å². The van der Waals surface area contributed by atoms with Gasteiger partial charge in [-0.2, -0.15) is 13.2 Å². The Hall–Kier alpha value is -1.37. The van der Waals surface area contributed by atoms with E-state index in [-0.39, 0.29) is 12.1 Å². The first kappa shape index (κ1) is 16.7. The van der Waals surface area contributed by atoms with Gasteiger partial charge in [-0.05, 0) is 25.5 Å². The van der Waals surface area contributed by atoms with Crippen LogP contribution in [0.15, 0.2) is 24.3 Å². The van der Waals surface area contributed by atoms with Crippen LogP contribution in [0.5, 0.6) is 0 Å². The first-order valence-corrected chi connectivity index (χ1v) is 7.39. The van der Waals surface area contributed by atoms with Crippen molar-refractivity contribution in [2.75, 3.05) is 6.26 Å². The van der Waals surface area contributed by atoms with Gasteiger partial charge in [-0.25, -0.2) is 0 Å². The molecule has 0 radical (unpaired) electrons. The van der Waals surface area contributed by atoms with Crippen LogP contribution < -0.4 is 5.32 Å². The fourth-order valence-corrected chi connectivity index (χ4v) is 1.80. The van der Waals surface area contributed by atoms with E-state index in [4.69, 9.17) is 0 Å². The van der Waals surface area contributed by atoms with Crippen molar-refractivity contribution in [1.29, 1.82) is 0 Å². The van der Waals surface area contributed by atoms with Crippen LogP contribution >= 0.6 is 0 Å². The molecule has 1 amide bonds. The number of carbonyl (C=O) groups is 1. The lowest BCUT2D eigenvalue weighted by atomic mass is 10.1. The maximum absolute atomic E-state index is 12.8. The predicted octanol–water partition coefficient (Wildman–Crippen LogP) is 2.48. The molecule has 1 aromatic rings. The average molecular weight is 307 g/mol. The highest BCUT2D eigenvalue weighted by Crippen LogP contribution is 2.31. The van der Waals surface area contributed by atoms with Crippen molar-refractivity contribution in [2.45, 2.75) is 31.3 Å². The third-order valence-corrected chi connectivity index (χ3v) is 4.65. The molecule has 1 N–H and O–H groups in total. The van der Waals surface area contributed by atoms with Gasteiger partial charge < -0.3 is 5.32 Å². The Morgan fingerprint density at radius 3 is 2.30 bits per heavy atom. The highest BCUT2D eigenvalue weighted by atomic mass is 32.2. The molecule has 1 unspecified atom stereocenters. The van der Waals surface area contributed by atoms with Crippen molar-refractivity contribution in [1.82, 2.24) is 5.32 Å². The van der Waals surface area contributed by atoms with Gasteiger partial charge in [-0.1, -0.05) is 18.2 Å². The Morgan fingerprint density at radius 1 is 1.25 bits per heavy atom. The highest BCUT2D eigenvalue weighted by molar-refractivity contribution is 7.86. The molecular weight excluding hydrogens is 291 g/mol. The fourth-order valence-electron chi connectivity index (χ4n) is 1.47. The van der Waals surface area contributed by atoms with Crippen LogP contribution in [-0.4, -0.2) is 21.1 Å². The largest absolute Gasteiger partial charge is 0.416 e. The molecule has 112 valence electrons. The van der Waals surface area contributed by atoms with Crippen LogP contribution in [0.4, 0.5) is 13.2 Å². The summed E-state index contributed by atoms with van der Waals surface area (Å²) >= 11 is 0. The molecule has 0 saturated heterocycles. The molecule has 0 spiro atoms. The van der Waals surface area contributed by atoms with Gasteiger partial charge in [-0.3, -0.25) is 9.00 Å². The lowest BCUT2D eigenvalue weighted by Crippen LogP contribution is -2.44. The standard InChI is InChI=1S/C13H16F3NO2S/c1-12(2,20(3)19)11(18)17-8-9-6-4-5-7-10(9)13(14,15)16/h4-7H,8H2,1-3H3,(H,17,18). The van der Waals surface area contributed by atoms with Crippen LogP contribution in [0.1, 0.15) is 25.0 Å². The molecular formula is C13H16F3NO2S. The molecule has 0 aliphatic carbocycles. The van der Waals surface area contributed by atoms with Crippen molar-refractivity contribution in [2.24, 2.45) is 0 Å². The number of amides is 1. The third kappa shape index (κ3) is 3.82. The molecule has 7 heteroatoms.